The van der Waals surface area contributed by atoms with Crippen molar-refractivity contribution in [1.82, 2.24) is 0 Å². The Bertz CT molecular complexity index is 331. The second-order valence-corrected chi connectivity index (χ2v) is 8.48. The third-order valence-electron chi connectivity index (χ3n) is 4.46. The molecule has 0 rings (SSSR count). The van der Waals surface area contributed by atoms with Gasteiger partial charge in [0.25, 0.3) is 0 Å². The summed E-state index contributed by atoms with van der Waals surface area (Å²) >= 11 is 0. The zero-order valence-corrected chi connectivity index (χ0v) is 18.6. The first kappa shape index (κ1) is 26.1. The number of hydrogen-bond acceptors (Lipinski definition) is 3. The van der Waals surface area contributed by atoms with Crippen LogP contribution in [0.15, 0.2) is 0 Å². The van der Waals surface area contributed by atoms with Gasteiger partial charge in [-0.1, -0.05) is 96.8 Å². The molecule has 0 bridgehead atoms. The van der Waals surface area contributed by atoms with Gasteiger partial charge in [-0.2, -0.15) is 0 Å². The van der Waals surface area contributed by atoms with Gasteiger partial charge in [0.05, 0.1) is 10.1 Å². The fourth-order valence-electron chi connectivity index (χ4n) is 2.77. The van der Waals surface area contributed by atoms with Crippen LogP contribution in [0.25, 0.3) is 0 Å². The molecule has 0 heterocycles. The van der Waals surface area contributed by atoms with E-state index in [0.717, 1.165) is 12.8 Å². The molecule has 0 aliphatic heterocycles. The molecule has 0 amide bonds. The summed E-state index contributed by atoms with van der Waals surface area (Å²) in [5.41, 5.74) is 0. The van der Waals surface area contributed by atoms with Crippen LogP contribution >= 0.6 is 0 Å². The van der Waals surface area contributed by atoms with Crippen molar-refractivity contribution in [3.63, 3.8) is 0 Å². The van der Waals surface area contributed by atoms with E-state index in [2.05, 4.69) is 6.92 Å². The van der Waals surface area contributed by atoms with Crippen molar-refractivity contribution < 1.29 is 42.5 Å². The van der Waals surface area contributed by atoms with E-state index in [-0.39, 0.29) is 29.6 Å². The van der Waals surface area contributed by atoms with Gasteiger partial charge in [-0.3, -0.25) is 0 Å². The predicted molar refractivity (Wildman–Crippen MR) is 94.1 cm³/mol. The first-order valence-corrected chi connectivity index (χ1v) is 10.9. The molecule has 0 aromatic rings. The molecule has 0 aliphatic rings. The van der Waals surface area contributed by atoms with E-state index in [1.165, 1.54) is 84.0 Å². The third-order valence-corrected chi connectivity index (χ3v) is 5.68. The monoisotopic (exact) mass is 356 g/mol. The molecular weight excluding hydrogens is 319 g/mol. The standard InChI is InChI=1S/C18H38O3S.Na/c1-3-4-5-6-7-8-9-10-11-12-13-14-15-16-17-18(2)22(19,20)21;/h18H,3-17H2,1-2H3,(H,19,20,21);/q;+1/p-1. The van der Waals surface area contributed by atoms with Crippen molar-refractivity contribution >= 4 is 10.1 Å². The van der Waals surface area contributed by atoms with Crippen molar-refractivity contribution in [2.24, 2.45) is 0 Å². The molecule has 5 heteroatoms. The Morgan fingerprint density at radius 2 is 1.00 bits per heavy atom. The molecule has 1 unspecified atom stereocenters. The Kier molecular flexibility index (Phi) is 20.1. The molecule has 0 saturated heterocycles. The first-order chi connectivity index (χ1) is 10.5. The summed E-state index contributed by atoms with van der Waals surface area (Å²) in [6.07, 6.45) is 18.5. The van der Waals surface area contributed by atoms with Crippen LogP contribution in [-0.4, -0.2) is 18.2 Å². The van der Waals surface area contributed by atoms with Gasteiger partial charge in [0.1, 0.15) is 0 Å². The molecule has 0 saturated carbocycles. The van der Waals surface area contributed by atoms with Gasteiger partial charge < -0.3 is 4.55 Å². The molecule has 134 valence electrons. The van der Waals surface area contributed by atoms with Crippen molar-refractivity contribution in [3.8, 4) is 0 Å². The van der Waals surface area contributed by atoms with E-state index in [0.29, 0.717) is 6.42 Å². The summed E-state index contributed by atoms with van der Waals surface area (Å²) in [6.45, 7) is 3.77. The van der Waals surface area contributed by atoms with Gasteiger partial charge >= 0.3 is 29.6 Å². The van der Waals surface area contributed by atoms with Crippen LogP contribution in [0.4, 0.5) is 0 Å². The van der Waals surface area contributed by atoms with Crippen LogP contribution in [0.5, 0.6) is 0 Å². The van der Waals surface area contributed by atoms with E-state index in [4.69, 9.17) is 0 Å². The van der Waals surface area contributed by atoms with E-state index in [9.17, 15) is 13.0 Å². The molecule has 0 spiro atoms. The summed E-state index contributed by atoms with van der Waals surface area (Å²) in [4.78, 5) is 0. The Labute approximate surface area is 167 Å². The minimum absolute atomic E-state index is 0. The number of rotatable bonds is 16. The summed E-state index contributed by atoms with van der Waals surface area (Å²) < 4.78 is 32.2. The van der Waals surface area contributed by atoms with Crippen LogP contribution < -0.4 is 29.6 Å². The molecule has 3 nitrogen and oxygen atoms in total. The van der Waals surface area contributed by atoms with Gasteiger partial charge in [-0.15, -0.1) is 0 Å². The quantitative estimate of drug-likeness (QED) is 0.243. The molecular formula is C18H37NaO3S. The van der Waals surface area contributed by atoms with E-state index >= 15 is 0 Å². The number of hydrogen-bond donors (Lipinski definition) is 0. The van der Waals surface area contributed by atoms with E-state index < -0.39 is 15.4 Å². The maximum absolute atomic E-state index is 10.7. The molecule has 0 aromatic heterocycles. The minimum Gasteiger partial charge on any atom is -0.748 e. The van der Waals surface area contributed by atoms with Crippen LogP contribution in [0.1, 0.15) is 110 Å². The van der Waals surface area contributed by atoms with Crippen LogP contribution in [0, 0.1) is 0 Å². The van der Waals surface area contributed by atoms with Gasteiger partial charge in [0, 0.05) is 5.25 Å². The Morgan fingerprint density at radius 3 is 1.30 bits per heavy atom. The molecule has 0 aromatic carbocycles. The third kappa shape index (κ3) is 19.1. The van der Waals surface area contributed by atoms with Crippen LogP contribution in [0.3, 0.4) is 0 Å². The largest absolute Gasteiger partial charge is 1.00 e. The van der Waals surface area contributed by atoms with Gasteiger partial charge in [0.15, 0.2) is 0 Å². The SMILES string of the molecule is CCCCCCCCCCCCCCCCC(C)S(=O)(=O)[O-].[Na+]. The molecule has 0 aliphatic carbocycles. The smallest absolute Gasteiger partial charge is 0.748 e. The maximum Gasteiger partial charge on any atom is 1.00 e. The molecule has 0 radical (unpaired) electrons. The van der Waals surface area contributed by atoms with Crippen LogP contribution in [0.2, 0.25) is 0 Å². The summed E-state index contributed by atoms with van der Waals surface area (Å²) in [7, 11) is -4.07. The molecule has 23 heavy (non-hydrogen) atoms. The molecule has 1 atom stereocenters. The van der Waals surface area contributed by atoms with Crippen LogP contribution in [-0.2, 0) is 10.1 Å². The van der Waals surface area contributed by atoms with Gasteiger partial charge in [0.2, 0.25) is 0 Å². The zero-order valence-electron chi connectivity index (χ0n) is 15.8. The van der Waals surface area contributed by atoms with Gasteiger partial charge in [-0.05, 0) is 13.3 Å². The zero-order chi connectivity index (χ0) is 16.7. The van der Waals surface area contributed by atoms with E-state index in [1.807, 2.05) is 0 Å². The fraction of sp³-hybridized carbons (Fsp3) is 1.00. The van der Waals surface area contributed by atoms with E-state index in [1.54, 1.807) is 0 Å². The van der Waals surface area contributed by atoms with Crippen molar-refractivity contribution in [2.45, 2.75) is 115 Å². The van der Waals surface area contributed by atoms with Gasteiger partial charge in [-0.25, -0.2) is 8.42 Å². The van der Waals surface area contributed by atoms with Crippen molar-refractivity contribution in [1.29, 1.82) is 0 Å². The fourth-order valence-corrected chi connectivity index (χ4v) is 3.23. The minimum atomic E-state index is -4.07. The van der Waals surface area contributed by atoms with Crippen molar-refractivity contribution in [3.05, 3.63) is 0 Å². The Balaban J connectivity index is 0. The molecule has 0 fully saturated rings. The summed E-state index contributed by atoms with van der Waals surface area (Å²) in [5, 5.41) is -0.718. The average Bonchev–Trinajstić information content (AvgIpc) is 2.46. The average molecular weight is 357 g/mol. The normalized spacial score (nSPS) is 12.8. The maximum atomic E-state index is 10.7. The Morgan fingerprint density at radius 1 is 0.696 bits per heavy atom. The summed E-state index contributed by atoms with van der Waals surface area (Å²) in [6, 6.07) is 0. The molecule has 0 N–H and O–H groups in total. The topological polar surface area (TPSA) is 57.2 Å². The Hall–Kier alpha value is 0.910. The first-order valence-electron chi connectivity index (χ1n) is 9.43. The number of unbranched alkanes of at least 4 members (excludes halogenated alkanes) is 13. The predicted octanol–water partition coefficient (Wildman–Crippen LogP) is 2.80. The second kappa shape index (κ2) is 17.7. The van der Waals surface area contributed by atoms with Crippen molar-refractivity contribution in [2.75, 3.05) is 0 Å². The summed E-state index contributed by atoms with van der Waals surface area (Å²) in [5.74, 6) is 0. The second-order valence-electron chi connectivity index (χ2n) is 6.69.